The Labute approximate surface area is 247 Å². The van der Waals surface area contributed by atoms with Gasteiger partial charge in [-0.05, 0) is 82.3 Å². The lowest BCUT2D eigenvalue weighted by Crippen LogP contribution is -2.42. The number of carbonyl (C=O) groups is 2. The third-order valence-corrected chi connectivity index (χ3v) is 6.97. The lowest BCUT2D eigenvalue weighted by molar-refractivity contribution is -0.139. The van der Waals surface area contributed by atoms with Gasteiger partial charge in [0.25, 0.3) is 5.91 Å². The van der Waals surface area contributed by atoms with Gasteiger partial charge >= 0.3 is 5.97 Å². The molecular weight excluding hydrogens is 528 g/mol. The van der Waals surface area contributed by atoms with E-state index in [9.17, 15) is 14.7 Å². The predicted octanol–water partition coefficient (Wildman–Crippen LogP) is 7.57. The molecule has 42 heavy (non-hydrogen) atoms. The summed E-state index contributed by atoms with van der Waals surface area (Å²) in [4.78, 5) is 29.3. The minimum atomic E-state index is -1.12. The number of fused-ring (bicyclic) bond motifs is 1. The van der Waals surface area contributed by atoms with Gasteiger partial charge in [-0.3, -0.25) is 9.78 Å². The van der Waals surface area contributed by atoms with Crippen molar-refractivity contribution in [3.8, 4) is 17.2 Å². The van der Waals surface area contributed by atoms with Crippen molar-refractivity contribution in [3.05, 3.63) is 95.8 Å². The van der Waals surface area contributed by atoms with E-state index in [-0.39, 0.29) is 22.9 Å². The van der Waals surface area contributed by atoms with Gasteiger partial charge < -0.3 is 19.9 Å². The number of rotatable bonds is 10. The highest BCUT2D eigenvalue weighted by Gasteiger charge is 2.22. The summed E-state index contributed by atoms with van der Waals surface area (Å²) in [5.74, 6) is 0.379. The molecule has 1 aromatic heterocycles. The van der Waals surface area contributed by atoms with E-state index in [1.807, 2.05) is 54.6 Å². The zero-order valence-electron chi connectivity index (χ0n) is 25.2. The van der Waals surface area contributed by atoms with Crippen LogP contribution < -0.4 is 14.8 Å². The standard InChI is InChI=1S/C35H40N2O5/c1-34(2,3)17-18-41-27-12-7-23(8-13-27)19-31(33(39)40)37-32(38)30-21-25-20-29(14-9-24(25)22-36-30)42-28-15-10-26(11-16-28)35(4,5)6/h7-16,20-22,31H,17-19H2,1-6H3,(H,37,38)(H,39,40)/t31-/m0/s1. The number of hydrogen-bond acceptors (Lipinski definition) is 5. The van der Waals surface area contributed by atoms with Crippen LogP contribution in [0.2, 0.25) is 0 Å². The Balaban J connectivity index is 1.41. The van der Waals surface area contributed by atoms with Gasteiger partial charge in [0.2, 0.25) is 0 Å². The summed E-state index contributed by atoms with van der Waals surface area (Å²) in [6.07, 6.45) is 2.65. The molecular formula is C35H40N2O5. The summed E-state index contributed by atoms with van der Waals surface area (Å²) >= 11 is 0. The van der Waals surface area contributed by atoms with E-state index in [4.69, 9.17) is 9.47 Å². The number of hydrogen-bond donors (Lipinski definition) is 2. The molecule has 0 bridgehead atoms. The lowest BCUT2D eigenvalue weighted by Gasteiger charge is -2.19. The largest absolute Gasteiger partial charge is 0.494 e. The highest BCUT2D eigenvalue weighted by molar-refractivity contribution is 5.98. The zero-order chi connectivity index (χ0) is 30.5. The third kappa shape index (κ3) is 8.56. The molecule has 0 aliphatic carbocycles. The van der Waals surface area contributed by atoms with Crippen molar-refractivity contribution in [2.24, 2.45) is 5.41 Å². The van der Waals surface area contributed by atoms with Crippen LogP contribution in [0.5, 0.6) is 17.2 Å². The van der Waals surface area contributed by atoms with E-state index in [1.54, 1.807) is 12.3 Å². The number of amides is 1. The van der Waals surface area contributed by atoms with E-state index >= 15 is 0 Å². The van der Waals surface area contributed by atoms with Gasteiger partial charge in [-0.1, -0.05) is 65.8 Å². The van der Waals surface area contributed by atoms with Crippen molar-refractivity contribution in [2.45, 2.75) is 65.8 Å². The number of carboxylic acid groups (broad SMARTS) is 1. The van der Waals surface area contributed by atoms with Crippen LogP contribution in [0.15, 0.2) is 79.0 Å². The first-order valence-electron chi connectivity index (χ1n) is 14.2. The second-order valence-corrected chi connectivity index (χ2v) is 12.8. The van der Waals surface area contributed by atoms with Crippen molar-refractivity contribution >= 4 is 22.6 Å². The van der Waals surface area contributed by atoms with Crippen molar-refractivity contribution < 1.29 is 24.2 Å². The summed E-state index contributed by atoms with van der Waals surface area (Å²) in [5, 5.41) is 14.0. The van der Waals surface area contributed by atoms with E-state index in [0.29, 0.717) is 18.1 Å². The van der Waals surface area contributed by atoms with Gasteiger partial charge in [-0.25, -0.2) is 4.79 Å². The molecule has 1 amide bonds. The quantitative estimate of drug-likeness (QED) is 0.205. The summed E-state index contributed by atoms with van der Waals surface area (Å²) in [5.41, 5.74) is 2.35. The molecule has 2 N–H and O–H groups in total. The minimum absolute atomic E-state index is 0.0520. The number of aromatic nitrogens is 1. The number of aliphatic carboxylic acids is 1. The first-order chi connectivity index (χ1) is 19.8. The molecule has 7 heteroatoms. The van der Waals surface area contributed by atoms with Gasteiger partial charge in [0.15, 0.2) is 0 Å². The molecule has 0 aliphatic rings. The second kappa shape index (κ2) is 12.6. The molecule has 4 aromatic rings. The summed E-state index contributed by atoms with van der Waals surface area (Å²) in [6, 6.07) is 21.4. The summed E-state index contributed by atoms with van der Waals surface area (Å²) < 4.78 is 11.9. The van der Waals surface area contributed by atoms with Gasteiger partial charge in [-0.15, -0.1) is 0 Å². The van der Waals surface area contributed by atoms with E-state index in [0.717, 1.165) is 28.5 Å². The van der Waals surface area contributed by atoms with Gasteiger partial charge in [0.1, 0.15) is 29.0 Å². The van der Waals surface area contributed by atoms with Crippen molar-refractivity contribution in [1.82, 2.24) is 10.3 Å². The number of nitrogens with zero attached hydrogens (tertiary/aromatic N) is 1. The lowest BCUT2D eigenvalue weighted by atomic mass is 9.87. The molecule has 0 unspecified atom stereocenters. The number of carboxylic acids is 1. The van der Waals surface area contributed by atoms with Crippen LogP contribution in [0.1, 0.15) is 69.6 Å². The fourth-order valence-corrected chi connectivity index (χ4v) is 4.33. The molecule has 3 aromatic carbocycles. The number of ether oxygens (including phenoxy) is 2. The molecule has 0 saturated carbocycles. The SMILES string of the molecule is CC(C)(C)CCOc1ccc(C[C@H](NC(=O)c2cc3cc(Oc4ccc(C(C)(C)C)cc4)ccc3cn2)C(=O)O)cc1. The molecule has 0 aliphatic heterocycles. The van der Waals surface area contributed by atoms with E-state index in [2.05, 4.69) is 64.0 Å². The third-order valence-electron chi connectivity index (χ3n) is 6.97. The topological polar surface area (TPSA) is 97.8 Å². The molecule has 0 fully saturated rings. The number of benzene rings is 3. The number of pyridine rings is 1. The highest BCUT2D eigenvalue weighted by Crippen LogP contribution is 2.29. The normalized spacial score (nSPS) is 12.5. The number of nitrogens with one attached hydrogen (secondary N) is 1. The van der Waals surface area contributed by atoms with Crippen molar-refractivity contribution in [1.29, 1.82) is 0 Å². The van der Waals surface area contributed by atoms with Gasteiger partial charge in [0.05, 0.1) is 6.61 Å². The first kappa shape index (κ1) is 30.6. The Hall–Kier alpha value is -4.39. The molecule has 1 atom stereocenters. The fourth-order valence-electron chi connectivity index (χ4n) is 4.33. The smallest absolute Gasteiger partial charge is 0.326 e. The van der Waals surface area contributed by atoms with E-state index in [1.165, 1.54) is 5.56 Å². The van der Waals surface area contributed by atoms with Crippen LogP contribution in [-0.4, -0.2) is 34.6 Å². The Bertz CT molecular complexity index is 1530. The summed E-state index contributed by atoms with van der Waals surface area (Å²) in [6.45, 7) is 13.6. The Morgan fingerprint density at radius 2 is 1.48 bits per heavy atom. The zero-order valence-corrected chi connectivity index (χ0v) is 25.2. The Morgan fingerprint density at radius 1 is 0.833 bits per heavy atom. The Morgan fingerprint density at radius 3 is 2.10 bits per heavy atom. The van der Waals surface area contributed by atoms with Crippen molar-refractivity contribution in [3.63, 3.8) is 0 Å². The van der Waals surface area contributed by atoms with Gasteiger partial charge in [-0.2, -0.15) is 0 Å². The molecule has 0 spiro atoms. The van der Waals surface area contributed by atoms with Crippen LogP contribution in [0.3, 0.4) is 0 Å². The fraction of sp³-hybridized carbons (Fsp3) is 0.343. The van der Waals surface area contributed by atoms with Crippen LogP contribution in [0.4, 0.5) is 0 Å². The van der Waals surface area contributed by atoms with Crippen LogP contribution in [0, 0.1) is 5.41 Å². The molecule has 220 valence electrons. The Kier molecular flexibility index (Phi) is 9.20. The predicted molar refractivity (Wildman–Crippen MR) is 166 cm³/mol. The molecule has 0 saturated heterocycles. The minimum Gasteiger partial charge on any atom is -0.494 e. The average molecular weight is 569 g/mol. The monoisotopic (exact) mass is 568 g/mol. The van der Waals surface area contributed by atoms with Crippen LogP contribution >= 0.6 is 0 Å². The summed E-state index contributed by atoms with van der Waals surface area (Å²) in [7, 11) is 0. The average Bonchev–Trinajstić information content (AvgIpc) is 2.92. The highest BCUT2D eigenvalue weighted by atomic mass is 16.5. The maximum Gasteiger partial charge on any atom is 0.326 e. The second-order valence-electron chi connectivity index (χ2n) is 12.8. The maximum atomic E-state index is 13.0. The molecule has 1 heterocycles. The first-order valence-corrected chi connectivity index (χ1v) is 14.2. The van der Waals surface area contributed by atoms with Crippen LogP contribution in [0.25, 0.3) is 10.8 Å². The molecule has 4 rings (SSSR count). The van der Waals surface area contributed by atoms with Crippen molar-refractivity contribution in [2.75, 3.05) is 6.61 Å². The molecule has 7 nitrogen and oxygen atoms in total. The maximum absolute atomic E-state index is 13.0. The van der Waals surface area contributed by atoms with Gasteiger partial charge in [0, 0.05) is 18.0 Å². The van der Waals surface area contributed by atoms with E-state index < -0.39 is 17.9 Å². The molecule has 0 radical (unpaired) electrons. The number of carbonyl (C=O) groups excluding carboxylic acids is 1. The van der Waals surface area contributed by atoms with Crippen LogP contribution in [-0.2, 0) is 16.6 Å².